The number of carbonyl (C=O) groups excluding carboxylic acids is 1. The maximum absolute atomic E-state index is 11.5. The number of ether oxygens (including phenoxy) is 1. The molecule has 1 aliphatic rings. The van der Waals surface area contributed by atoms with Crippen molar-refractivity contribution in [2.75, 3.05) is 6.61 Å². The van der Waals surface area contributed by atoms with Gasteiger partial charge in [-0.05, 0) is 24.8 Å². The van der Waals surface area contributed by atoms with Crippen LogP contribution in [0.3, 0.4) is 0 Å². The summed E-state index contributed by atoms with van der Waals surface area (Å²) in [4.78, 5) is 11.5. The van der Waals surface area contributed by atoms with E-state index in [9.17, 15) is 4.79 Å². The summed E-state index contributed by atoms with van der Waals surface area (Å²) in [6, 6.07) is 5.72. The van der Waals surface area contributed by atoms with Crippen molar-refractivity contribution in [2.45, 2.75) is 32.6 Å². The topological polar surface area (TPSA) is 26.3 Å². The van der Waals surface area contributed by atoms with E-state index < -0.39 is 0 Å². The summed E-state index contributed by atoms with van der Waals surface area (Å²) in [5.41, 5.74) is 1.91. The molecule has 0 aromatic heterocycles. The van der Waals surface area contributed by atoms with Crippen LogP contribution in [-0.4, -0.2) is 12.4 Å². The van der Waals surface area contributed by atoms with Gasteiger partial charge in [0, 0.05) is 11.1 Å². The molecule has 0 spiro atoms. The Morgan fingerprint density at radius 1 is 1.40 bits per heavy atom. The molecule has 0 fully saturated rings. The van der Waals surface area contributed by atoms with Crippen LogP contribution in [0.15, 0.2) is 18.2 Å². The van der Waals surface area contributed by atoms with Crippen LogP contribution in [0.25, 0.3) is 0 Å². The van der Waals surface area contributed by atoms with Crippen molar-refractivity contribution in [3.63, 3.8) is 0 Å². The van der Waals surface area contributed by atoms with E-state index in [4.69, 9.17) is 4.74 Å². The highest BCUT2D eigenvalue weighted by Crippen LogP contribution is 2.40. The summed E-state index contributed by atoms with van der Waals surface area (Å²) in [5, 5.41) is 0. The molecule has 1 heterocycles. The third kappa shape index (κ3) is 1.65. The first kappa shape index (κ1) is 10.2. The Morgan fingerprint density at radius 2 is 2.13 bits per heavy atom. The molecule has 1 aliphatic heterocycles. The summed E-state index contributed by atoms with van der Waals surface area (Å²) in [6.07, 6.45) is 0.963. The minimum absolute atomic E-state index is 0.0375. The number of hydrogen-bond acceptors (Lipinski definition) is 2. The minimum Gasteiger partial charge on any atom is -0.493 e. The Balaban J connectivity index is 2.65. The molecular formula is C13H16O2. The van der Waals surface area contributed by atoms with Crippen LogP contribution in [-0.2, 0) is 5.41 Å². The van der Waals surface area contributed by atoms with Crippen molar-refractivity contribution >= 4 is 5.78 Å². The van der Waals surface area contributed by atoms with Gasteiger partial charge in [-0.1, -0.05) is 26.0 Å². The van der Waals surface area contributed by atoms with Crippen LogP contribution in [0.1, 0.15) is 43.1 Å². The second kappa shape index (κ2) is 3.37. The first-order chi connectivity index (χ1) is 7.02. The zero-order valence-electron chi connectivity index (χ0n) is 9.46. The molecule has 2 heteroatoms. The summed E-state index contributed by atoms with van der Waals surface area (Å²) in [7, 11) is 0. The third-order valence-electron chi connectivity index (χ3n) is 3.07. The van der Waals surface area contributed by atoms with Gasteiger partial charge >= 0.3 is 0 Å². The second-order valence-electron chi connectivity index (χ2n) is 4.72. The van der Waals surface area contributed by atoms with E-state index in [0.717, 1.165) is 29.9 Å². The highest BCUT2D eigenvalue weighted by molar-refractivity contribution is 5.96. The number of benzene rings is 1. The lowest BCUT2D eigenvalue weighted by molar-refractivity contribution is 0.101. The van der Waals surface area contributed by atoms with E-state index in [2.05, 4.69) is 13.8 Å². The Labute approximate surface area is 90.3 Å². The van der Waals surface area contributed by atoms with Crippen molar-refractivity contribution in [2.24, 2.45) is 0 Å². The molecule has 15 heavy (non-hydrogen) atoms. The van der Waals surface area contributed by atoms with E-state index in [1.54, 1.807) is 6.92 Å². The quantitative estimate of drug-likeness (QED) is 0.657. The van der Waals surface area contributed by atoms with Crippen LogP contribution in [0, 0.1) is 0 Å². The van der Waals surface area contributed by atoms with Gasteiger partial charge in [-0.25, -0.2) is 0 Å². The van der Waals surface area contributed by atoms with E-state index >= 15 is 0 Å². The molecule has 80 valence electrons. The fourth-order valence-corrected chi connectivity index (χ4v) is 2.18. The maximum atomic E-state index is 11.5. The van der Waals surface area contributed by atoms with E-state index in [1.807, 2.05) is 18.2 Å². The number of Topliss-reactive ketones (excluding diaryl/α,β-unsaturated/α-hetero) is 1. The highest BCUT2D eigenvalue weighted by Gasteiger charge is 2.31. The van der Waals surface area contributed by atoms with E-state index in [1.165, 1.54) is 0 Å². The van der Waals surface area contributed by atoms with Crippen LogP contribution in [0.2, 0.25) is 0 Å². The Kier molecular flexibility index (Phi) is 2.29. The van der Waals surface area contributed by atoms with Crippen LogP contribution >= 0.6 is 0 Å². The van der Waals surface area contributed by atoms with Gasteiger partial charge in [0.1, 0.15) is 5.75 Å². The number of hydrogen-bond donors (Lipinski definition) is 0. The van der Waals surface area contributed by atoms with Gasteiger partial charge in [0.05, 0.1) is 6.61 Å². The number of ketones is 1. The molecule has 0 N–H and O–H groups in total. The first-order valence-electron chi connectivity index (χ1n) is 5.29. The van der Waals surface area contributed by atoms with Gasteiger partial charge < -0.3 is 4.74 Å². The summed E-state index contributed by atoms with van der Waals surface area (Å²) in [6.45, 7) is 6.68. The second-order valence-corrected chi connectivity index (χ2v) is 4.72. The van der Waals surface area contributed by atoms with Gasteiger partial charge in [-0.2, -0.15) is 0 Å². The summed E-state index contributed by atoms with van der Waals surface area (Å²) in [5.74, 6) is 0.990. The smallest absolute Gasteiger partial charge is 0.160 e. The monoisotopic (exact) mass is 204 g/mol. The molecule has 0 bridgehead atoms. The average molecular weight is 204 g/mol. The molecular weight excluding hydrogens is 188 g/mol. The summed E-state index contributed by atoms with van der Waals surface area (Å²) >= 11 is 0. The molecule has 0 saturated heterocycles. The minimum atomic E-state index is 0.0375. The molecule has 0 radical (unpaired) electrons. The Morgan fingerprint density at radius 3 is 2.80 bits per heavy atom. The van der Waals surface area contributed by atoms with Gasteiger partial charge in [0.2, 0.25) is 0 Å². The highest BCUT2D eigenvalue weighted by atomic mass is 16.5. The van der Waals surface area contributed by atoms with Gasteiger partial charge in [0.25, 0.3) is 0 Å². The number of fused-ring (bicyclic) bond motifs is 1. The third-order valence-corrected chi connectivity index (χ3v) is 3.07. The van der Waals surface area contributed by atoms with Crippen molar-refractivity contribution in [3.8, 4) is 5.75 Å². The van der Waals surface area contributed by atoms with Crippen LogP contribution < -0.4 is 4.74 Å². The molecule has 2 rings (SSSR count). The first-order valence-corrected chi connectivity index (χ1v) is 5.29. The fraction of sp³-hybridized carbons (Fsp3) is 0.462. The van der Waals surface area contributed by atoms with Crippen LogP contribution in [0.4, 0.5) is 0 Å². The number of rotatable bonds is 1. The zero-order chi connectivity index (χ0) is 11.1. The standard InChI is InChI=1S/C13H16O2/c1-9(14)10-5-4-6-11-12(10)13(2,3)7-8-15-11/h4-6H,7-8H2,1-3H3. The Bertz CT molecular complexity index is 405. The zero-order valence-corrected chi connectivity index (χ0v) is 9.46. The predicted molar refractivity (Wildman–Crippen MR) is 59.6 cm³/mol. The van der Waals surface area contributed by atoms with Crippen molar-refractivity contribution in [1.82, 2.24) is 0 Å². The maximum Gasteiger partial charge on any atom is 0.160 e. The molecule has 0 amide bonds. The van der Waals surface area contributed by atoms with E-state index in [-0.39, 0.29) is 11.2 Å². The van der Waals surface area contributed by atoms with Crippen molar-refractivity contribution in [1.29, 1.82) is 0 Å². The predicted octanol–water partition coefficient (Wildman–Crippen LogP) is 2.95. The largest absolute Gasteiger partial charge is 0.493 e. The molecule has 0 saturated carbocycles. The van der Waals surface area contributed by atoms with Crippen molar-refractivity contribution in [3.05, 3.63) is 29.3 Å². The molecule has 2 nitrogen and oxygen atoms in total. The normalized spacial score (nSPS) is 17.8. The molecule has 0 unspecified atom stereocenters. The van der Waals surface area contributed by atoms with Gasteiger partial charge in [-0.3, -0.25) is 4.79 Å². The molecule has 1 aromatic carbocycles. The van der Waals surface area contributed by atoms with Crippen molar-refractivity contribution < 1.29 is 9.53 Å². The fourth-order valence-electron chi connectivity index (χ4n) is 2.18. The van der Waals surface area contributed by atoms with Gasteiger partial charge in [0.15, 0.2) is 5.78 Å². The molecule has 0 atom stereocenters. The SMILES string of the molecule is CC(=O)c1cccc2c1C(C)(C)CCO2. The lowest BCUT2D eigenvalue weighted by Gasteiger charge is -2.33. The molecule has 1 aromatic rings. The van der Waals surface area contributed by atoms with E-state index in [0.29, 0.717) is 0 Å². The average Bonchev–Trinajstić information content (AvgIpc) is 2.16. The molecule has 0 aliphatic carbocycles. The number of carbonyl (C=O) groups is 1. The van der Waals surface area contributed by atoms with Gasteiger partial charge in [-0.15, -0.1) is 0 Å². The van der Waals surface area contributed by atoms with Crippen LogP contribution in [0.5, 0.6) is 5.75 Å². The lowest BCUT2D eigenvalue weighted by atomic mass is 9.77. The lowest BCUT2D eigenvalue weighted by Crippen LogP contribution is -2.28. The Hall–Kier alpha value is -1.31. The summed E-state index contributed by atoms with van der Waals surface area (Å²) < 4.78 is 5.60.